The lowest BCUT2D eigenvalue weighted by molar-refractivity contribution is 0.0717. The lowest BCUT2D eigenvalue weighted by Gasteiger charge is -2.23. The molecule has 1 unspecified atom stereocenters. The van der Waals surface area contributed by atoms with Crippen molar-refractivity contribution in [1.82, 2.24) is 10.1 Å². The van der Waals surface area contributed by atoms with E-state index in [1.807, 2.05) is 0 Å². The van der Waals surface area contributed by atoms with Crippen molar-refractivity contribution in [1.29, 1.82) is 0 Å². The van der Waals surface area contributed by atoms with E-state index in [0.717, 1.165) is 18.8 Å². The van der Waals surface area contributed by atoms with Crippen molar-refractivity contribution in [2.45, 2.75) is 6.04 Å². The van der Waals surface area contributed by atoms with Crippen LogP contribution < -0.4 is 10.9 Å². The zero-order chi connectivity index (χ0) is 9.26. The van der Waals surface area contributed by atoms with E-state index in [4.69, 9.17) is 9.26 Å². The number of aryl methyl sites for hydroxylation is 1. The molecule has 0 amide bonds. The highest BCUT2D eigenvalue weighted by Gasteiger charge is 2.19. The van der Waals surface area contributed by atoms with Crippen LogP contribution in [0.4, 0.5) is 0 Å². The Kier molecular flexibility index (Phi) is 2.20. The molecule has 1 N–H and O–H groups in total. The molecule has 5 heteroatoms. The largest absolute Gasteiger partial charge is 0.378 e. The number of hydrogen-bond acceptors (Lipinski definition) is 4. The quantitative estimate of drug-likeness (QED) is 0.647. The number of aromatic nitrogens is 1. The van der Waals surface area contributed by atoms with Crippen LogP contribution in [0.15, 0.2) is 15.4 Å². The number of nitrogens with zero attached hydrogens (tertiary/aromatic N) is 1. The van der Waals surface area contributed by atoms with E-state index in [1.54, 1.807) is 7.05 Å². The third-order valence-electron chi connectivity index (χ3n) is 2.13. The summed E-state index contributed by atoms with van der Waals surface area (Å²) in [7, 11) is 1.72. The first kappa shape index (κ1) is 8.52. The standard InChI is InChI=1S/C8H12N2O3/c1-10-7(4-8(11)13-10)6-5-12-3-2-9-6/h4,6,9H,2-3,5H2,1H3. The lowest BCUT2D eigenvalue weighted by atomic mass is 10.2. The molecule has 0 radical (unpaired) electrons. The molecule has 1 fully saturated rings. The third-order valence-corrected chi connectivity index (χ3v) is 2.13. The van der Waals surface area contributed by atoms with Crippen LogP contribution in [0, 0.1) is 0 Å². The minimum Gasteiger partial charge on any atom is -0.378 e. The average molecular weight is 184 g/mol. The summed E-state index contributed by atoms with van der Waals surface area (Å²) in [5.41, 5.74) is 0.523. The van der Waals surface area contributed by atoms with Crippen LogP contribution in [0.2, 0.25) is 0 Å². The molecule has 1 aliphatic rings. The molecule has 0 aromatic carbocycles. The van der Waals surface area contributed by atoms with Crippen molar-refractivity contribution in [3.05, 3.63) is 22.2 Å². The van der Waals surface area contributed by atoms with Gasteiger partial charge in [-0.3, -0.25) is 0 Å². The molecule has 2 rings (SSSR count). The third kappa shape index (κ3) is 1.66. The fraction of sp³-hybridized carbons (Fsp3) is 0.625. The van der Waals surface area contributed by atoms with Gasteiger partial charge >= 0.3 is 5.63 Å². The monoisotopic (exact) mass is 184 g/mol. The van der Waals surface area contributed by atoms with Crippen LogP contribution in [-0.2, 0) is 11.8 Å². The zero-order valence-electron chi connectivity index (χ0n) is 7.45. The van der Waals surface area contributed by atoms with E-state index in [0.29, 0.717) is 6.61 Å². The summed E-state index contributed by atoms with van der Waals surface area (Å²) < 4.78 is 11.6. The van der Waals surface area contributed by atoms with Gasteiger partial charge in [0.15, 0.2) is 0 Å². The predicted molar refractivity (Wildman–Crippen MR) is 45.5 cm³/mol. The minimum absolute atomic E-state index is 0.0743. The highest BCUT2D eigenvalue weighted by molar-refractivity contribution is 5.05. The molecule has 5 nitrogen and oxygen atoms in total. The number of morpholine rings is 1. The van der Waals surface area contributed by atoms with E-state index >= 15 is 0 Å². The summed E-state index contributed by atoms with van der Waals surface area (Å²) >= 11 is 0. The number of hydrogen-bond donors (Lipinski definition) is 1. The maximum Gasteiger partial charge on any atom is 0.357 e. The summed E-state index contributed by atoms with van der Waals surface area (Å²) in [4.78, 5) is 10.9. The van der Waals surface area contributed by atoms with E-state index in [9.17, 15) is 4.79 Å². The van der Waals surface area contributed by atoms with Crippen molar-refractivity contribution in [2.24, 2.45) is 7.05 Å². The number of nitrogens with one attached hydrogen (secondary N) is 1. The van der Waals surface area contributed by atoms with Gasteiger partial charge in [0.2, 0.25) is 0 Å². The molecule has 72 valence electrons. The Morgan fingerprint density at radius 1 is 1.69 bits per heavy atom. The van der Waals surface area contributed by atoms with E-state index < -0.39 is 0 Å². The molecule has 0 saturated carbocycles. The summed E-state index contributed by atoms with van der Waals surface area (Å²) in [5.74, 6) is 0. The Balaban J connectivity index is 2.23. The van der Waals surface area contributed by atoms with E-state index in [1.165, 1.54) is 10.8 Å². The molecule has 2 heterocycles. The van der Waals surface area contributed by atoms with Gasteiger partial charge < -0.3 is 14.6 Å². The van der Waals surface area contributed by atoms with Crippen LogP contribution >= 0.6 is 0 Å². The molecule has 1 saturated heterocycles. The Hall–Kier alpha value is -1.07. The van der Waals surface area contributed by atoms with Crippen LogP contribution in [0.3, 0.4) is 0 Å². The van der Waals surface area contributed by atoms with Gasteiger partial charge in [-0.2, -0.15) is 0 Å². The fourth-order valence-corrected chi connectivity index (χ4v) is 1.50. The second-order valence-corrected chi connectivity index (χ2v) is 3.06. The molecule has 0 spiro atoms. The predicted octanol–water partition coefficient (Wildman–Crippen LogP) is -0.361. The normalized spacial score (nSPS) is 23.3. The molecule has 0 aliphatic carbocycles. The molecule has 13 heavy (non-hydrogen) atoms. The maximum absolute atomic E-state index is 10.9. The van der Waals surface area contributed by atoms with Crippen LogP contribution in [0.1, 0.15) is 11.7 Å². The summed E-state index contributed by atoms with van der Waals surface area (Å²) in [6.45, 7) is 2.12. The number of ether oxygens (including phenoxy) is 1. The van der Waals surface area contributed by atoms with Gasteiger partial charge in [-0.1, -0.05) is 0 Å². The van der Waals surface area contributed by atoms with Gasteiger partial charge in [0, 0.05) is 19.7 Å². The van der Waals surface area contributed by atoms with Crippen LogP contribution in [0.25, 0.3) is 0 Å². The first-order valence-corrected chi connectivity index (χ1v) is 4.26. The van der Waals surface area contributed by atoms with Crippen molar-refractivity contribution >= 4 is 0 Å². The number of rotatable bonds is 1. The first-order valence-electron chi connectivity index (χ1n) is 4.26. The Morgan fingerprint density at radius 2 is 2.54 bits per heavy atom. The summed E-state index contributed by atoms with van der Waals surface area (Å²) in [6, 6.07) is 1.57. The molecule has 0 bridgehead atoms. The second-order valence-electron chi connectivity index (χ2n) is 3.06. The fourth-order valence-electron chi connectivity index (χ4n) is 1.50. The maximum atomic E-state index is 10.9. The Labute approximate surface area is 75.3 Å². The molecule has 1 aromatic rings. The Morgan fingerprint density at radius 3 is 3.08 bits per heavy atom. The SMILES string of the molecule is Cn1oc(=O)cc1C1COCCN1. The Bertz CT molecular complexity index is 335. The van der Waals surface area contributed by atoms with Gasteiger partial charge in [-0.25, -0.2) is 9.53 Å². The molecular formula is C8H12N2O3. The van der Waals surface area contributed by atoms with Crippen LogP contribution in [-0.4, -0.2) is 24.5 Å². The van der Waals surface area contributed by atoms with Gasteiger partial charge in [0.25, 0.3) is 0 Å². The van der Waals surface area contributed by atoms with Gasteiger partial charge in [-0.15, -0.1) is 0 Å². The van der Waals surface area contributed by atoms with E-state index in [-0.39, 0.29) is 11.7 Å². The van der Waals surface area contributed by atoms with Gasteiger partial charge in [0.05, 0.1) is 24.9 Å². The molecular weight excluding hydrogens is 172 g/mol. The summed E-state index contributed by atoms with van der Waals surface area (Å²) in [6.07, 6.45) is 0. The van der Waals surface area contributed by atoms with Gasteiger partial charge in [0.1, 0.15) is 0 Å². The highest BCUT2D eigenvalue weighted by Crippen LogP contribution is 2.13. The first-order chi connectivity index (χ1) is 6.27. The average Bonchev–Trinajstić information content (AvgIpc) is 2.47. The van der Waals surface area contributed by atoms with Crippen molar-refractivity contribution in [3.63, 3.8) is 0 Å². The minimum atomic E-state index is -0.315. The second kappa shape index (κ2) is 3.35. The van der Waals surface area contributed by atoms with Crippen LogP contribution in [0.5, 0.6) is 0 Å². The smallest absolute Gasteiger partial charge is 0.357 e. The van der Waals surface area contributed by atoms with Crippen molar-refractivity contribution < 1.29 is 9.26 Å². The molecule has 1 aliphatic heterocycles. The van der Waals surface area contributed by atoms with Crippen molar-refractivity contribution in [3.8, 4) is 0 Å². The molecule has 1 atom stereocenters. The highest BCUT2D eigenvalue weighted by atomic mass is 16.5. The lowest BCUT2D eigenvalue weighted by Crippen LogP contribution is -2.35. The topological polar surface area (TPSA) is 56.4 Å². The molecule has 1 aromatic heterocycles. The van der Waals surface area contributed by atoms with Crippen molar-refractivity contribution in [2.75, 3.05) is 19.8 Å². The van der Waals surface area contributed by atoms with E-state index in [2.05, 4.69) is 5.32 Å². The summed E-state index contributed by atoms with van der Waals surface area (Å²) in [5, 5.41) is 3.24. The van der Waals surface area contributed by atoms with Gasteiger partial charge in [-0.05, 0) is 0 Å². The zero-order valence-corrected chi connectivity index (χ0v) is 7.45.